The quantitative estimate of drug-likeness (QED) is 0.782. The Bertz CT molecular complexity index is 494. The maximum absolute atomic E-state index is 12.8. The highest BCUT2D eigenvalue weighted by molar-refractivity contribution is 7.79. The zero-order chi connectivity index (χ0) is 11.5. The Kier molecular flexibility index (Phi) is 3.25. The van der Waals surface area contributed by atoms with Gasteiger partial charge < -0.3 is 0 Å². The van der Waals surface area contributed by atoms with Crippen LogP contribution >= 0.6 is 12.6 Å². The van der Waals surface area contributed by atoms with Crippen LogP contribution in [0.15, 0.2) is 36.4 Å². The molecule has 0 fully saturated rings. The van der Waals surface area contributed by atoms with Crippen LogP contribution in [0.25, 0.3) is 11.3 Å². The van der Waals surface area contributed by atoms with Gasteiger partial charge in [-0.3, -0.25) is 4.98 Å². The lowest BCUT2D eigenvalue weighted by Gasteiger charge is -2.05. The Morgan fingerprint density at radius 3 is 2.38 bits per heavy atom. The molecule has 0 atom stereocenters. The number of hydrogen-bond donors (Lipinski definition) is 1. The highest BCUT2D eigenvalue weighted by Gasteiger charge is 2.02. The fourth-order valence-electron chi connectivity index (χ4n) is 1.54. The molecule has 2 rings (SSSR count). The van der Waals surface area contributed by atoms with Crippen LogP contribution in [0.3, 0.4) is 0 Å². The normalized spacial score (nSPS) is 10.4. The third kappa shape index (κ3) is 2.25. The van der Waals surface area contributed by atoms with Crippen LogP contribution in [0.1, 0.15) is 11.3 Å². The van der Waals surface area contributed by atoms with Crippen molar-refractivity contribution in [2.75, 3.05) is 0 Å². The summed E-state index contributed by atoms with van der Waals surface area (Å²) in [7, 11) is 0. The van der Waals surface area contributed by atoms with E-state index in [0.717, 1.165) is 22.5 Å². The lowest BCUT2D eigenvalue weighted by Crippen LogP contribution is -1.92. The molecule has 3 heteroatoms. The van der Waals surface area contributed by atoms with E-state index in [2.05, 4.69) is 17.6 Å². The summed E-state index contributed by atoms with van der Waals surface area (Å²) in [6.07, 6.45) is 0. The molecule has 1 heterocycles. The average molecular weight is 233 g/mol. The van der Waals surface area contributed by atoms with Gasteiger partial charge in [0, 0.05) is 17.0 Å². The van der Waals surface area contributed by atoms with Gasteiger partial charge in [0.1, 0.15) is 5.82 Å². The summed E-state index contributed by atoms with van der Waals surface area (Å²) >= 11 is 4.23. The second kappa shape index (κ2) is 4.66. The Balaban J connectivity index is 2.41. The number of aromatic nitrogens is 1. The summed E-state index contributed by atoms with van der Waals surface area (Å²) in [5.74, 6) is 0.454. The molecule has 0 unspecified atom stereocenters. The molecule has 0 aliphatic heterocycles. The van der Waals surface area contributed by atoms with Crippen LogP contribution in [-0.4, -0.2) is 4.98 Å². The van der Waals surface area contributed by atoms with Crippen LogP contribution in [0, 0.1) is 12.7 Å². The molecule has 0 amide bonds. The molecular formula is C13H12FNS. The number of aryl methyl sites for hydroxylation is 1. The first-order valence-electron chi connectivity index (χ1n) is 5.04. The topological polar surface area (TPSA) is 12.9 Å². The van der Waals surface area contributed by atoms with Gasteiger partial charge >= 0.3 is 0 Å². The van der Waals surface area contributed by atoms with E-state index >= 15 is 0 Å². The van der Waals surface area contributed by atoms with E-state index in [1.165, 1.54) is 12.1 Å². The number of hydrogen-bond acceptors (Lipinski definition) is 2. The molecule has 0 aliphatic rings. The standard InChI is InChI=1S/C13H12FNS/c1-9-11(8-16)4-7-13(15-9)10-2-5-12(14)6-3-10/h2-7,16H,8H2,1H3. The molecule has 1 aromatic heterocycles. The van der Waals surface area contributed by atoms with E-state index in [4.69, 9.17) is 0 Å². The van der Waals surface area contributed by atoms with Crippen LogP contribution in [0.2, 0.25) is 0 Å². The number of benzene rings is 1. The van der Waals surface area contributed by atoms with Gasteiger partial charge in [-0.2, -0.15) is 12.6 Å². The molecule has 0 bridgehead atoms. The summed E-state index contributed by atoms with van der Waals surface area (Å²) in [5.41, 5.74) is 3.88. The molecular weight excluding hydrogens is 221 g/mol. The van der Waals surface area contributed by atoms with Crippen molar-refractivity contribution in [3.63, 3.8) is 0 Å². The highest BCUT2D eigenvalue weighted by atomic mass is 32.1. The van der Waals surface area contributed by atoms with Gasteiger partial charge in [-0.1, -0.05) is 6.07 Å². The number of rotatable bonds is 2. The first-order chi connectivity index (χ1) is 7.70. The fraction of sp³-hybridized carbons (Fsp3) is 0.154. The Morgan fingerprint density at radius 2 is 1.81 bits per heavy atom. The van der Waals surface area contributed by atoms with Crippen molar-refractivity contribution in [3.05, 3.63) is 53.5 Å². The first-order valence-corrected chi connectivity index (χ1v) is 5.67. The number of nitrogens with zero attached hydrogens (tertiary/aromatic N) is 1. The molecule has 2 aromatic rings. The predicted molar refractivity (Wildman–Crippen MR) is 67.1 cm³/mol. The molecule has 0 saturated heterocycles. The van der Waals surface area contributed by atoms with E-state index in [0.29, 0.717) is 5.75 Å². The average Bonchev–Trinajstić information content (AvgIpc) is 2.30. The van der Waals surface area contributed by atoms with Crippen LogP contribution in [0.5, 0.6) is 0 Å². The monoisotopic (exact) mass is 233 g/mol. The molecule has 0 saturated carbocycles. The molecule has 1 nitrogen and oxygen atoms in total. The first kappa shape index (κ1) is 11.1. The molecule has 0 spiro atoms. The maximum Gasteiger partial charge on any atom is 0.123 e. The van der Waals surface area contributed by atoms with Gasteiger partial charge in [0.05, 0.1) is 5.69 Å². The van der Waals surface area contributed by atoms with Crippen molar-refractivity contribution in [1.82, 2.24) is 4.98 Å². The van der Waals surface area contributed by atoms with Crippen LogP contribution in [0.4, 0.5) is 4.39 Å². The minimum absolute atomic E-state index is 0.229. The second-order valence-electron chi connectivity index (χ2n) is 3.61. The van der Waals surface area contributed by atoms with Gasteiger partial charge in [0.15, 0.2) is 0 Å². The molecule has 0 radical (unpaired) electrons. The minimum Gasteiger partial charge on any atom is -0.253 e. The van der Waals surface area contributed by atoms with Crippen molar-refractivity contribution < 1.29 is 4.39 Å². The summed E-state index contributed by atoms with van der Waals surface area (Å²) in [4.78, 5) is 4.47. The molecule has 0 aliphatic carbocycles. The number of halogens is 1. The van der Waals surface area contributed by atoms with Crippen LogP contribution in [-0.2, 0) is 5.75 Å². The lowest BCUT2D eigenvalue weighted by molar-refractivity contribution is 0.628. The minimum atomic E-state index is -0.229. The van der Waals surface area contributed by atoms with E-state index in [1.807, 2.05) is 19.1 Å². The SMILES string of the molecule is Cc1nc(-c2ccc(F)cc2)ccc1CS. The molecule has 82 valence electrons. The summed E-state index contributed by atoms with van der Waals surface area (Å²) in [5, 5.41) is 0. The van der Waals surface area contributed by atoms with Gasteiger partial charge in [-0.05, 0) is 42.8 Å². The summed E-state index contributed by atoms with van der Waals surface area (Å²) < 4.78 is 12.8. The zero-order valence-electron chi connectivity index (χ0n) is 8.94. The summed E-state index contributed by atoms with van der Waals surface area (Å²) in [6, 6.07) is 10.3. The van der Waals surface area contributed by atoms with Crippen molar-refractivity contribution in [2.45, 2.75) is 12.7 Å². The van der Waals surface area contributed by atoms with E-state index < -0.39 is 0 Å². The smallest absolute Gasteiger partial charge is 0.123 e. The fourth-order valence-corrected chi connectivity index (χ4v) is 1.87. The Labute approximate surface area is 99.8 Å². The van der Waals surface area contributed by atoms with Crippen LogP contribution < -0.4 is 0 Å². The van der Waals surface area contributed by atoms with Gasteiger partial charge in [0.2, 0.25) is 0 Å². The maximum atomic E-state index is 12.8. The largest absolute Gasteiger partial charge is 0.253 e. The highest BCUT2D eigenvalue weighted by Crippen LogP contribution is 2.19. The second-order valence-corrected chi connectivity index (χ2v) is 3.92. The van der Waals surface area contributed by atoms with Gasteiger partial charge in [-0.25, -0.2) is 4.39 Å². The van der Waals surface area contributed by atoms with E-state index in [-0.39, 0.29) is 5.82 Å². The third-order valence-electron chi connectivity index (χ3n) is 2.51. The van der Waals surface area contributed by atoms with Crippen molar-refractivity contribution in [2.24, 2.45) is 0 Å². The zero-order valence-corrected chi connectivity index (χ0v) is 9.84. The molecule has 1 aromatic carbocycles. The molecule has 16 heavy (non-hydrogen) atoms. The third-order valence-corrected chi connectivity index (χ3v) is 2.85. The van der Waals surface area contributed by atoms with Gasteiger partial charge in [-0.15, -0.1) is 0 Å². The molecule has 0 N–H and O–H groups in total. The van der Waals surface area contributed by atoms with Crippen molar-refractivity contribution in [1.29, 1.82) is 0 Å². The predicted octanol–water partition coefficient (Wildman–Crippen LogP) is 3.63. The van der Waals surface area contributed by atoms with Gasteiger partial charge in [0.25, 0.3) is 0 Å². The van der Waals surface area contributed by atoms with Crippen molar-refractivity contribution in [3.8, 4) is 11.3 Å². The number of thiol groups is 1. The van der Waals surface area contributed by atoms with Crippen molar-refractivity contribution >= 4 is 12.6 Å². The Hall–Kier alpha value is -1.35. The van der Waals surface area contributed by atoms with E-state index in [1.54, 1.807) is 12.1 Å². The summed E-state index contributed by atoms with van der Waals surface area (Å²) in [6.45, 7) is 1.96. The Morgan fingerprint density at radius 1 is 1.12 bits per heavy atom. The van der Waals surface area contributed by atoms with E-state index in [9.17, 15) is 4.39 Å². The number of pyridine rings is 1. The lowest BCUT2D eigenvalue weighted by atomic mass is 10.1.